The van der Waals surface area contributed by atoms with Crippen LogP contribution in [-0.4, -0.2) is 39.2 Å². The molecule has 4 rings (SSSR count). The van der Waals surface area contributed by atoms with Crippen LogP contribution >= 0.6 is 22.7 Å². The van der Waals surface area contributed by atoms with Gasteiger partial charge >= 0.3 is 0 Å². The number of nitrogens with zero attached hydrogens (tertiary/aromatic N) is 3. The summed E-state index contributed by atoms with van der Waals surface area (Å²) in [6.45, 7) is 4.27. The van der Waals surface area contributed by atoms with Gasteiger partial charge in [-0.15, -0.1) is 22.7 Å². The number of carbonyl (C=O) groups excluding carboxylic acids is 1. The fourth-order valence-electron chi connectivity index (χ4n) is 4.09. The largest absolute Gasteiger partial charge is 0.393 e. The minimum Gasteiger partial charge on any atom is -0.393 e. The molecular weight excluding hydrogens is 392 g/mol. The molecule has 148 valence electrons. The molecular formula is C20H24N4O2S2. The Balaban J connectivity index is 1.88. The summed E-state index contributed by atoms with van der Waals surface area (Å²) in [6.07, 6.45) is 6.60. The number of rotatable bonds is 5. The number of thiazole rings is 1. The van der Waals surface area contributed by atoms with Crippen molar-refractivity contribution in [1.29, 1.82) is 0 Å². The maximum absolute atomic E-state index is 12.3. The summed E-state index contributed by atoms with van der Waals surface area (Å²) in [5.74, 6) is -0.462. The molecule has 1 aliphatic carbocycles. The second kappa shape index (κ2) is 7.77. The molecule has 0 radical (unpaired) electrons. The fraction of sp³-hybridized carbons (Fsp3) is 0.450. The van der Waals surface area contributed by atoms with Crippen molar-refractivity contribution in [2.75, 3.05) is 4.90 Å². The molecule has 0 saturated heterocycles. The maximum Gasteiger partial charge on any atom is 0.252 e. The molecule has 6 nitrogen and oxygen atoms in total. The van der Waals surface area contributed by atoms with Gasteiger partial charge in [-0.1, -0.05) is 0 Å². The number of hydrogen-bond acceptors (Lipinski definition) is 7. The minimum atomic E-state index is -0.462. The molecule has 1 saturated carbocycles. The van der Waals surface area contributed by atoms with E-state index >= 15 is 0 Å². The average Bonchev–Trinajstić information content (AvgIpc) is 3.32. The summed E-state index contributed by atoms with van der Waals surface area (Å²) in [5, 5.41) is 10.9. The highest BCUT2D eigenvalue weighted by atomic mass is 32.1. The summed E-state index contributed by atoms with van der Waals surface area (Å²) in [6, 6.07) is 2.56. The van der Waals surface area contributed by atoms with Crippen LogP contribution in [0.3, 0.4) is 0 Å². The van der Waals surface area contributed by atoms with E-state index in [2.05, 4.69) is 34.8 Å². The molecule has 0 atom stereocenters. The summed E-state index contributed by atoms with van der Waals surface area (Å²) >= 11 is 3.20. The number of primary amides is 1. The van der Waals surface area contributed by atoms with E-state index in [1.54, 1.807) is 28.9 Å². The minimum absolute atomic E-state index is 0.190. The van der Waals surface area contributed by atoms with Crippen LogP contribution in [-0.2, 0) is 0 Å². The zero-order chi connectivity index (χ0) is 19.8. The van der Waals surface area contributed by atoms with Gasteiger partial charge in [-0.25, -0.2) is 4.98 Å². The molecule has 28 heavy (non-hydrogen) atoms. The highest BCUT2D eigenvalue weighted by Gasteiger charge is 2.31. The Morgan fingerprint density at radius 2 is 2.00 bits per heavy atom. The molecule has 0 unspecified atom stereocenters. The van der Waals surface area contributed by atoms with E-state index < -0.39 is 5.91 Å². The number of aliphatic hydroxyl groups is 1. The van der Waals surface area contributed by atoms with Gasteiger partial charge in [0.15, 0.2) is 0 Å². The third-order valence-corrected chi connectivity index (χ3v) is 7.36. The Morgan fingerprint density at radius 1 is 1.25 bits per heavy atom. The van der Waals surface area contributed by atoms with Gasteiger partial charge < -0.3 is 15.7 Å². The van der Waals surface area contributed by atoms with Gasteiger partial charge in [0.05, 0.1) is 27.7 Å². The van der Waals surface area contributed by atoms with Crippen molar-refractivity contribution in [3.63, 3.8) is 0 Å². The van der Waals surface area contributed by atoms with Crippen molar-refractivity contribution in [3.8, 4) is 9.75 Å². The van der Waals surface area contributed by atoms with Crippen LogP contribution in [0.4, 0.5) is 5.69 Å². The quantitative estimate of drug-likeness (QED) is 0.655. The Morgan fingerprint density at radius 3 is 2.61 bits per heavy atom. The lowest BCUT2D eigenvalue weighted by atomic mass is 9.90. The third kappa shape index (κ3) is 3.52. The number of thiophene rings is 1. The summed E-state index contributed by atoms with van der Waals surface area (Å²) in [4.78, 5) is 26.4. The van der Waals surface area contributed by atoms with Crippen molar-refractivity contribution >= 4 is 44.5 Å². The van der Waals surface area contributed by atoms with E-state index in [1.807, 2.05) is 11.7 Å². The van der Waals surface area contributed by atoms with Crippen molar-refractivity contribution in [3.05, 3.63) is 29.5 Å². The highest BCUT2D eigenvalue weighted by Crippen LogP contribution is 2.42. The molecule has 3 aromatic rings. The number of carbonyl (C=O) groups is 1. The van der Waals surface area contributed by atoms with E-state index in [0.29, 0.717) is 5.56 Å². The smallest absolute Gasteiger partial charge is 0.252 e. The molecule has 1 amide bonds. The lowest BCUT2D eigenvalue weighted by Gasteiger charge is -2.41. The molecule has 3 N–H and O–H groups in total. The predicted octanol–water partition coefficient (Wildman–Crippen LogP) is 4.04. The first-order valence-electron chi connectivity index (χ1n) is 9.53. The molecule has 3 aromatic heterocycles. The van der Waals surface area contributed by atoms with Crippen molar-refractivity contribution in [2.45, 2.75) is 57.7 Å². The highest BCUT2D eigenvalue weighted by molar-refractivity contribution is 7.25. The molecule has 0 spiro atoms. The fourth-order valence-corrected chi connectivity index (χ4v) is 5.80. The van der Waals surface area contributed by atoms with E-state index in [-0.39, 0.29) is 18.2 Å². The second-order valence-electron chi connectivity index (χ2n) is 7.54. The van der Waals surface area contributed by atoms with Gasteiger partial charge in [0, 0.05) is 34.7 Å². The van der Waals surface area contributed by atoms with Crippen LogP contribution in [0.5, 0.6) is 0 Å². The standard InChI is InChI=1S/C20H24N4O2S2/c1-11(2)24(12-3-5-13(25)6-4-12)18-14-7-16(17-9-22-10-27-17)28-20(14)23-8-15(18)19(21)26/h7-13,25H,3-6H2,1-2H3,(H2,21,26). The molecule has 1 fully saturated rings. The molecule has 8 heteroatoms. The van der Waals surface area contributed by atoms with E-state index in [4.69, 9.17) is 5.73 Å². The van der Waals surface area contributed by atoms with Crippen LogP contribution < -0.4 is 10.6 Å². The maximum atomic E-state index is 12.3. The van der Waals surface area contributed by atoms with Gasteiger partial charge in [-0.2, -0.15) is 0 Å². The first-order valence-corrected chi connectivity index (χ1v) is 11.2. The van der Waals surface area contributed by atoms with Gasteiger partial charge in [0.25, 0.3) is 5.91 Å². The second-order valence-corrected chi connectivity index (χ2v) is 9.46. The van der Waals surface area contributed by atoms with Crippen molar-refractivity contribution in [1.82, 2.24) is 9.97 Å². The van der Waals surface area contributed by atoms with Crippen molar-refractivity contribution in [2.24, 2.45) is 5.73 Å². The Labute approximate surface area is 172 Å². The number of aromatic nitrogens is 2. The van der Waals surface area contributed by atoms with Crippen LogP contribution in [0.1, 0.15) is 49.9 Å². The summed E-state index contributed by atoms with van der Waals surface area (Å²) < 4.78 is 0. The number of fused-ring (bicyclic) bond motifs is 1. The normalized spacial score (nSPS) is 20.0. The summed E-state index contributed by atoms with van der Waals surface area (Å²) in [5.41, 5.74) is 8.90. The number of aliphatic hydroxyl groups excluding tert-OH is 1. The van der Waals surface area contributed by atoms with Crippen LogP contribution in [0.2, 0.25) is 0 Å². The molecule has 0 aliphatic heterocycles. The van der Waals surface area contributed by atoms with Gasteiger partial charge in [-0.05, 0) is 45.6 Å². The molecule has 3 heterocycles. The molecule has 1 aliphatic rings. The van der Waals surface area contributed by atoms with E-state index in [1.165, 1.54) is 0 Å². The van der Waals surface area contributed by atoms with Gasteiger partial charge in [0.1, 0.15) is 4.83 Å². The lowest BCUT2D eigenvalue weighted by Crippen LogP contribution is -2.44. The third-order valence-electron chi connectivity index (χ3n) is 5.35. The van der Waals surface area contributed by atoms with Gasteiger partial charge in [-0.3, -0.25) is 9.78 Å². The Kier molecular flexibility index (Phi) is 5.35. The number of hydrogen-bond donors (Lipinski definition) is 2. The first kappa shape index (κ1) is 19.3. The van der Waals surface area contributed by atoms with Crippen LogP contribution in [0.15, 0.2) is 24.0 Å². The zero-order valence-corrected chi connectivity index (χ0v) is 17.6. The first-order chi connectivity index (χ1) is 13.5. The topological polar surface area (TPSA) is 92.3 Å². The molecule has 0 bridgehead atoms. The number of pyridine rings is 1. The summed E-state index contributed by atoms with van der Waals surface area (Å²) in [7, 11) is 0. The van der Waals surface area contributed by atoms with Gasteiger partial charge in [0.2, 0.25) is 0 Å². The van der Waals surface area contributed by atoms with Crippen LogP contribution in [0, 0.1) is 0 Å². The zero-order valence-electron chi connectivity index (χ0n) is 16.0. The SMILES string of the molecule is CC(C)N(c1c(C(N)=O)cnc2sc(-c3cncs3)cc12)C1CCC(O)CC1. The van der Waals surface area contributed by atoms with E-state index in [9.17, 15) is 9.90 Å². The Bertz CT molecular complexity index is 976. The van der Waals surface area contributed by atoms with Crippen molar-refractivity contribution < 1.29 is 9.90 Å². The lowest BCUT2D eigenvalue weighted by molar-refractivity contribution is 0.0999. The van der Waals surface area contributed by atoms with Crippen LogP contribution in [0.25, 0.3) is 20.0 Å². The number of nitrogens with two attached hydrogens (primary N) is 1. The Hall–Kier alpha value is -2.03. The monoisotopic (exact) mass is 416 g/mol. The predicted molar refractivity (Wildman–Crippen MR) is 115 cm³/mol. The number of anilines is 1. The number of amides is 1. The molecule has 0 aromatic carbocycles. The van der Waals surface area contributed by atoms with E-state index in [0.717, 1.165) is 51.3 Å². The average molecular weight is 417 g/mol.